The molecule has 0 aliphatic carbocycles. The number of hydrogen-bond acceptors (Lipinski definition) is 3. The van der Waals surface area contributed by atoms with E-state index in [1.165, 1.54) is 5.56 Å². The highest BCUT2D eigenvalue weighted by Crippen LogP contribution is 2.40. The summed E-state index contributed by atoms with van der Waals surface area (Å²) in [5, 5.41) is 12.7. The zero-order valence-electron chi connectivity index (χ0n) is 9.49. The Morgan fingerprint density at radius 1 is 1.40 bits per heavy atom. The summed E-state index contributed by atoms with van der Waals surface area (Å²) >= 11 is 1.65. The van der Waals surface area contributed by atoms with Crippen molar-refractivity contribution in [2.75, 3.05) is 0 Å². The molecule has 0 saturated carbocycles. The molecule has 1 saturated heterocycles. The molecule has 0 aromatic carbocycles. The van der Waals surface area contributed by atoms with Crippen molar-refractivity contribution in [1.82, 2.24) is 0 Å². The highest BCUT2D eigenvalue weighted by atomic mass is 32.1. The second-order valence-electron chi connectivity index (χ2n) is 4.63. The molecule has 2 atom stereocenters. The van der Waals surface area contributed by atoms with Crippen molar-refractivity contribution in [3.63, 3.8) is 0 Å². The van der Waals surface area contributed by atoms with E-state index < -0.39 is 5.60 Å². The predicted molar refractivity (Wildman–Crippen MR) is 62.2 cm³/mol. The molecule has 1 N–H and O–H groups in total. The van der Waals surface area contributed by atoms with Gasteiger partial charge in [-0.1, -0.05) is 0 Å². The Bertz CT molecular complexity index is 335. The van der Waals surface area contributed by atoms with Gasteiger partial charge in [-0.25, -0.2) is 0 Å². The number of aryl methyl sites for hydroxylation is 1. The van der Waals surface area contributed by atoms with Crippen LogP contribution in [0.3, 0.4) is 0 Å². The minimum absolute atomic E-state index is 0.139. The Morgan fingerprint density at radius 3 is 2.47 bits per heavy atom. The maximum Gasteiger partial charge on any atom is 0.104 e. The minimum atomic E-state index is -0.671. The fourth-order valence-corrected chi connectivity index (χ4v) is 3.61. The van der Waals surface area contributed by atoms with E-state index in [0.29, 0.717) is 12.8 Å². The van der Waals surface area contributed by atoms with Crippen molar-refractivity contribution in [2.45, 2.75) is 51.4 Å². The van der Waals surface area contributed by atoms with Crippen molar-refractivity contribution >= 4 is 11.3 Å². The standard InChI is InChI=1S/C12H18O2S/c1-8-4-5-15-11(8)12(13)6-9(2)14-10(3)7-12/h4-5,9-10,13H,6-7H2,1-3H3. The molecule has 0 spiro atoms. The van der Waals surface area contributed by atoms with E-state index >= 15 is 0 Å². The van der Waals surface area contributed by atoms with Gasteiger partial charge in [0, 0.05) is 17.7 Å². The normalized spacial score (nSPS) is 36.8. The van der Waals surface area contributed by atoms with Gasteiger partial charge in [-0.3, -0.25) is 0 Å². The second kappa shape index (κ2) is 3.89. The van der Waals surface area contributed by atoms with Gasteiger partial charge in [0.15, 0.2) is 0 Å². The minimum Gasteiger partial charge on any atom is -0.384 e. The largest absolute Gasteiger partial charge is 0.384 e. The maximum atomic E-state index is 10.7. The maximum absolute atomic E-state index is 10.7. The van der Waals surface area contributed by atoms with Crippen LogP contribution in [0.5, 0.6) is 0 Å². The molecule has 1 aromatic heterocycles. The van der Waals surface area contributed by atoms with Crippen LogP contribution in [-0.4, -0.2) is 17.3 Å². The van der Waals surface area contributed by atoms with Crippen LogP contribution >= 0.6 is 11.3 Å². The van der Waals surface area contributed by atoms with E-state index in [9.17, 15) is 5.11 Å². The Balaban J connectivity index is 2.29. The summed E-state index contributed by atoms with van der Waals surface area (Å²) in [6, 6.07) is 2.07. The highest BCUT2D eigenvalue weighted by Gasteiger charge is 2.39. The van der Waals surface area contributed by atoms with Crippen molar-refractivity contribution in [2.24, 2.45) is 0 Å². The van der Waals surface area contributed by atoms with Gasteiger partial charge in [0.1, 0.15) is 5.60 Å². The van der Waals surface area contributed by atoms with Crippen molar-refractivity contribution in [1.29, 1.82) is 0 Å². The molecule has 0 amide bonds. The summed E-state index contributed by atoms with van der Waals surface area (Å²) in [6.45, 7) is 6.13. The first-order valence-electron chi connectivity index (χ1n) is 5.44. The second-order valence-corrected chi connectivity index (χ2v) is 5.55. The van der Waals surface area contributed by atoms with E-state index in [0.717, 1.165) is 4.88 Å². The first-order chi connectivity index (χ1) is 7.01. The van der Waals surface area contributed by atoms with E-state index in [2.05, 4.69) is 13.0 Å². The summed E-state index contributed by atoms with van der Waals surface area (Å²) in [5.41, 5.74) is 0.527. The molecule has 15 heavy (non-hydrogen) atoms. The molecular weight excluding hydrogens is 208 g/mol. The Kier molecular flexibility index (Phi) is 2.88. The van der Waals surface area contributed by atoms with Crippen LogP contribution < -0.4 is 0 Å². The van der Waals surface area contributed by atoms with Gasteiger partial charge in [0.25, 0.3) is 0 Å². The average Bonchev–Trinajstić information content (AvgIpc) is 2.48. The SMILES string of the molecule is Cc1ccsc1C1(O)CC(C)OC(C)C1. The van der Waals surface area contributed by atoms with E-state index in [4.69, 9.17) is 4.74 Å². The summed E-state index contributed by atoms with van der Waals surface area (Å²) in [4.78, 5) is 1.12. The van der Waals surface area contributed by atoms with Crippen LogP contribution in [0.25, 0.3) is 0 Å². The molecule has 0 bridgehead atoms. The van der Waals surface area contributed by atoms with E-state index in [1.807, 2.05) is 19.2 Å². The third kappa shape index (κ3) is 2.10. The molecule has 2 nitrogen and oxygen atoms in total. The van der Waals surface area contributed by atoms with Gasteiger partial charge >= 0.3 is 0 Å². The fourth-order valence-electron chi connectivity index (χ4n) is 2.56. The molecular formula is C12H18O2S. The molecule has 2 heterocycles. The van der Waals surface area contributed by atoms with Crippen LogP contribution in [-0.2, 0) is 10.3 Å². The van der Waals surface area contributed by atoms with Gasteiger partial charge in [-0.2, -0.15) is 0 Å². The van der Waals surface area contributed by atoms with Crippen molar-refractivity contribution in [3.8, 4) is 0 Å². The first kappa shape index (κ1) is 11.1. The molecule has 2 unspecified atom stereocenters. The van der Waals surface area contributed by atoms with Gasteiger partial charge in [-0.05, 0) is 37.8 Å². The zero-order chi connectivity index (χ0) is 11.1. The Hall–Kier alpha value is -0.380. The van der Waals surface area contributed by atoms with E-state index in [1.54, 1.807) is 11.3 Å². The summed E-state index contributed by atoms with van der Waals surface area (Å²) in [7, 11) is 0. The Morgan fingerprint density at radius 2 is 2.00 bits per heavy atom. The highest BCUT2D eigenvalue weighted by molar-refractivity contribution is 7.10. The van der Waals surface area contributed by atoms with Crippen LogP contribution in [0, 0.1) is 6.92 Å². The molecule has 1 fully saturated rings. The first-order valence-corrected chi connectivity index (χ1v) is 6.31. The number of thiophene rings is 1. The number of ether oxygens (including phenoxy) is 1. The molecule has 0 radical (unpaired) electrons. The lowest BCUT2D eigenvalue weighted by atomic mass is 9.85. The lowest BCUT2D eigenvalue weighted by molar-refractivity contribution is -0.134. The van der Waals surface area contributed by atoms with Gasteiger partial charge in [-0.15, -0.1) is 11.3 Å². The van der Waals surface area contributed by atoms with Crippen LogP contribution in [0.15, 0.2) is 11.4 Å². The molecule has 3 heteroatoms. The molecule has 2 rings (SSSR count). The quantitative estimate of drug-likeness (QED) is 0.798. The van der Waals surface area contributed by atoms with Gasteiger partial charge < -0.3 is 9.84 Å². The van der Waals surface area contributed by atoms with Gasteiger partial charge in [0.2, 0.25) is 0 Å². The van der Waals surface area contributed by atoms with E-state index in [-0.39, 0.29) is 12.2 Å². The lowest BCUT2D eigenvalue weighted by Gasteiger charge is -2.39. The van der Waals surface area contributed by atoms with Gasteiger partial charge in [0.05, 0.1) is 12.2 Å². The third-order valence-electron chi connectivity index (χ3n) is 3.00. The number of aliphatic hydroxyl groups is 1. The van der Waals surface area contributed by atoms with Crippen molar-refractivity contribution in [3.05, 3.63) is 21.9 Å². The lowest BCUT2D eigenvalue weighted by Crippen LogP contribution is -2.41. The summed E-state index contributed by atoms with van der Waals surface area (Å²) < 4.78 is 5.66. The molecule has 1 aliphatic rings. The zero-order valence-corrected chi connectivity index (χ0v) is 10.3. The summed E-state index contributed by atoms with van der Waals surface area (Å²) in [5.74, 6) is 0. The van der Waals surface area contributed by atoms with Crippen LogP contribution in [0.4, 0.5) is 0 Å². The van der Waals surface area contributed by atoms with Crippen molar-refractivity contribution < 1.29 is 9.84 Å². The van der Waals surface area contributed by atoms with Crippen LogP contribution in [0.2, 0.25) is 0 Å². The number of rotatable bonds is 1. The predicted octanol–water partition coefficient (Wildman–Crippen LogP) is 2.83. The number of hydrogen-bond donors (Lipinski definition) is 1. The molecule has 84 valence electrons. The average molecular weight is 226 g/mol. The smallest absolute Gasteiger partial charge is 0.104 e. The molecule has 1 aliphatic heterocycles. The summed E-state index contributed by atoms with van der Waals surface area (Å²) in [6.07, 6.45) is 1.69. The van der Waals surface area contributed by atoms with Crippen LogP contribution in [0.1, 0.15) is 37.1 Å². The third-order valence-corrected chi connectivity index (χ3v) is 4.21. The molecule has 1 aromatic rings. The Labute approximate surface area is 94.9 Å². The fraction of sp³-hybridized carbons (Fsp3) is 0.667. The topological polar surface area (TPSA) is 29.5 Å². The monoisotopic (exact) mass is 226 g/mol.